The van der Waals surface area contributed by atoms with Crippen molar-refractivity contribution in [3.8, 4) is 0 Å². The van der Waals surface area contributed by atoms with E-state index in [1.54, 1.807) is 11.3 Å². The van der Waals surface area contributed by atoms with Crippen molar-refractivity contribution in [1.29, 1.82) is 0 Å². The highest BCUT2D eigenvalue weighted by Crippen LogP contribution is 2.15. The summed E-state index contributed by atoms with van der Waals surface area (Å²) in [5.74, 6) is 0.538. The molecule has 1 aliphatic heterocycles. The van der Waals surface area contributed by atoms with Crippen LogP contribution in [0, 0.1) is 6.92 Å². The zero-order valence-corrected chi connectivity index (χ0v) is 15.3. The van der Waals surface area contributed by atoms with Crippen molar-refractivity contribution < 1.29 is 0 Å². The minimum Gasteiger partial charge on any atom is -0.370 e. The zero-order chi connectivity index (χ0) is 13.7. The highest BCUT2D eigenvalue weighted by molar-refractivity contribution is 14.0. The molecule has 0 radical (unpaired) electrons. The molecule has 5 nitrogen and oxygen atoms in total. The lowest BCUT2D eigenvalue weighted by molar-refractivity contribution is 0.267. The summed E-state index contributed by atoms with van der Waals surface area (Å²) in [5.41, 5.74) is 8.81. The van der Waals surface area contributed by atoms with E-state index in [-0.39, 0.29) is 24.0 Å². The molecule has 7 heteroatoms. The largest absolute Gasteiger partial charge is 0.370 e. The van der Waals surface area contributed by atoms with Crippen molar-refractivity contribution in [2.24, 2.45) is 10.7 Å². The van der Waals surface area contributed by atoms with Crippen LogP contribution in [0.3, 0.4) is 0 Å². The van der Waals surface area contributed by atoms with E-state index >= 15 is 0 Å². The number of thiazole rings is 1. The van der Waals surface area contributed by atoms with Gasteiger partial charge in [-0.1, -0.05) is 6.92 Å². The maximum Gasteiger partial charge on any atom is 0.189 e. The predicted molar refractivity (Wildman–Crippen MR) is 95.9 cm³/mol. The smallest absolute Gasteiger partial charge is 0.189 e. The topological polar surface area (TPSA) is 66.5 Å². The average molecular weight is 409 g/mol. The van der Waals surface area contributed by atoms with E-state index in [9.17, 15) is 0 Å². The third-order valence-corrected chi connectivity index (χ3v) is 4.58. The molecule has 1 unspecified atom stereocenters. The van der Waals surface area contributed by atoms with Gasteiger partial charge in [0.15, 0.2) is 5.96 Å². The molecule has 2 rings (SSSR count). The molecule has 2 heterocycles. The number of likely N-dealkylation sites (N-methyl/N-ethyl adjacent to an activating group) is 1. The van der Waals surface area contributed by atoms with E-state index in [1.807, 2.05) is 12.4 Å². The van der Waals surface area contributed by atoms with Crippen molar-refractivity contribution in [2.75, 3.05) is 19.6 Å². The van der Waals surface area contributed by atoms with Gasteiger partial charge in [-0.2, -0.15) is 0 Å². The van der Waals surface area contributed by atoms with Gasteiger partial charge in [-0.3, -0.25) is 4.90 Å². The van der Waals surface area contributed by atoms with E-state index in [4.69, 9.17) is 5.73 Å². The van der Waals surface area contributed by atoms with Gasteiger partial charge in [0, 0.05) is 17.5 Å². The second-order valence-electron chi connectivity index (χ2n) is 4.87. The monoisotopic (exact) mass is 409 g/mol. The van der Waals surface area contributed by atoms with Crippen LogP contribution in [0.25, 0.3) is 0 Å². The number of nitrogens with one attached hydrogen (secondary N) is 1. The van der Waals surface area contributed by atoms with Crippen LogP contribution < -0.4 is 11.1 Å². The maximum absolute atomic E-state index is 5.91. The first kappa shape index (κ1) is 17.6. The quantitative estimate of drug-likeness (QED) is 0.443. The van der Waals surface area contributed by atoms with Crippen LogP contribution >= 0.6 is 35.3 Å². The second kappa shape index (κ2) is 8.78. The van der Waals surface area contributed by atoms with Crippen molar-refractivity contribution in [2.45, 2.75) is 39.3 Å². The summed E-state index contributed by atoms with van der Waals surface area (Å²) >= 11 is 1.63. The van der Waals surface area contributed by atoms with Gasteiger partial charge in [0.25, 0.3) is 0 Å². The lowest BCUT2D eigenvalue weighted by Crippen LogP contribution is -2.42. The third kappa shape index (κ3) is 4.85. The van der Waals surface area contributed by atoms with Gasteiger partial charge in [-0.15, -0.1) is 35.3 Å². The van der Waals surface area contributed by atoms with Gasteiger partial charge in [0.05, 0.1) is 17.7 Å². The first-order valence-corrected chi connectivity index (χ1v) is 7.75. The molecule has 1 fully saturated rings. The molecule has 1 saturated heterocycles. The third-order valence-electron chi connectivity index (χ3n) is 3.66. The Balaban J connectivity index is 0.00000200. The Morgan fingerprint density at radius 1 is 1.65 bits per heavy atom. The van der Waals surface area contributed by atoms with Gasteiger partial charge in [-0.05, 0) is 32.9 Å². The summed E-state index contributed by atoms with van der Waals surface area (Å²) in [7, 11) is 0. The highest BCUT2D eigenvalue weighted by atomic mass is 127. The van der Waals surface area contributed by atoms with Crippen molar-refractivity contribution in [1.82, 2.24) is 15.2 Å². The van der Waals surface area contributed by atoms with Crippen LogP contribution in [0.2, 0.25) is 0 Å². The summed E-state index contributed by atoms with van der Waals surface area (Å²) in [6.45, 7) is 8.05. The van der Waals surface area contributed by atoms with Crippen LogP contribution in [0.5, 0.6) is 0 Å². The number of aryl methyl sites for hydroxylation is 1. The summed E-state index contributed by atoms with van der Waals surface area (Å²) < 4.78 is 0. The lowest BCUT2D eigenvalue weighted by Gasteiger charge is -2.23. The zero-order valence-electron chi connectivity index (χ0n) is 12.1. The van der Waals surface area contributed by atoms with Crippen LogP contribution in [0.4, 0.5) is 0 Å². The van der Waals surface area contributed by atoms with Crippen LogP contribution in [-0.4, -0.2) is 41.5 Å². The van der Waals surface area contributed by atoms with E-state index in [1.165, 1.54) is 24.3 Å². The first-order chi connectivity index (χ1) is 9.20. The number of rotatable bonds is 5. The number of halogens is 1. The molecule has 0 bridgehead atoms. The van der Waals surface area contributed by atoms with Crippen molar-refractivity contribution in [3.05, 3.63) is 16.1 Å². The molecule has 0 amide bonds. The van der Waals surface area contributed by atoms with Crippen LogP contribution in [0.1, 0.15) is 30.3 Å². The van der Waals surface area contributed by atoms with E-state index in [0.717, 1.165) is 18.8 Å². The molecular formula is C13H24IN5S. The molecule has 0 spiro atoms. The fourth-order valence-corrected chi connectivity index (χ4v) is 3.16. The van der Waals surface area contributed by atoms with Crippen LogP contribution in [0.15, 0.2) is 10.5 Å². The molecule has 20 heavy (non-hydrogen) atoms. The molecule has 0 saturated carbocycles. The van der Waals surface area contributed by atoms with Gasteiger partial charge in [0.2, 0.25) is 0 Å². The molecule has 1 aliphatic rings. The summed E-state index contributed by atoms with van der Waals surface area (Å²) in [4.78, 5) is 12.3. The molecule has 0 aliphatic carbocycles. The molecular weight excluding hydrogens is 385 g/mol. The van der Waals surface area contributed by atoms with Gasteiger partial charge in [-0.25, -0.2) is 9.98 Å². The van der Waals surface area contributed by atoms with E-state index in [2.05, 4.69) is 27.1 Å². The molecule has 1 aromatic rings. The Labute approximate surface area is 142 Å². The normalized spacial score (nSPS) is 19.9. The number of nitrogens with zero attached hydrogens (tertiary/aromatic N) is 3. The number of likely N-dealkylation sites (tertiary alicyclic amines) is 1. The standard InChI is InChI=1S/C13H23N5S.HI/c1-3-18-6-4-5-11(18)7-15-13(14)16-8-12-10(2)17-9-19-12;/h9,11H,3-8H2,1-2H3,(H3,14,15,16);1H. The predicted octanol–water partition coefficient (Wildman–Crippen LogP) is 1.96. The summed E-state index contributed by atoms with van der Waals surface area (Å²) in [5, 5.41) is 3.24. The van der Waals surface area contributed by atoms with Crippen molar-refractivity contribution >= 4 is 41.3 Å². The Bertz CT molecular complexity index is 434. The number of nitrogens with two attached hydrogens (primary N) is 1. The SMILES string of the molecule is CCN1CCCC1CNC(N)=NCc1scnc1C.I. The fraction of sp³-hybridized carbons (Fsp3) is 0.692. The Hall–Kier alpha value is -0.410. The average Bonchev–Trinajstić information content (AvgIpc) is 3.02. The number of aliphatic imine (C=N–C) groups is 1. The number of aromatic nitrogens is 1. The minimum absolute atomic E-state index is 0. The Morgan fingerprint density at radius 2 is 2.45 bits per heavy atom. The maximum atomic E-state index is 5.91. The second-order valence-corrected chi connectivity index (χ2v) is 5.81. The number of hydrogen-bond acceptors (Lipinski definition) is 4. The number of hydrogen-bond donors (Lipinski definition) is 2. The fourth-order valence-electron chi connectivity index (χ4n) is 2.46. The van der Waals surface area contributed by atoms with Crippen molar-refractivity contribution in [3.63, 3.8) is 0 Å². The van der Waals surface area contributed by atoms with Crippen LogP contribution in [-0.2, 0) is 6.54 Å². The number of guanidine groups is 1. The van der Waals surface area contributed by atoms with E-state index in [0.29, 0.717) is 18.5 Å². The summed E-state index contributed by atoms with van der Waals surface area (Å²) in [6, 6.07) is 0.601. The molecule has 1 atom stereocenters. The molecule has 3 N–H and O–H groups in total. The first-order valence-electron chi connectivity index (χ1n) is 6.87. The van der Waals surface area contributed by atoms with Gasteiger partial charge >= 0.3 is 0 Å². The molecule has 114 valence electrons. The Morgan fingerprint density at radius 3 is 3.10 bits per heavy atom. The van der Waals surface area contributed by atoms with Gasteiger partial charge in [0.1, 0.15) is 0 Å². The highest BCUT2D eigenvalue weighted by Gasteiger charge is 2.22. The lowest BCUT2D eigenvalue weighted by atomic mass is 10.2. The Kier molecular flexibility index (Phi) is 7.75. The van der Waals surface area contributed by atoms with E-state index < -0.39 is 0 Å². The molecule has 1 aromatic heterocycles. The summed E-state index contributed by atoms with van der Waals surface area (Å²) in [6.07, 6.45) is 2.54. The minimum atomic E-state index is 0. The molecule has 0 aromatic carbocycles. The van der Waals surface area contributed by atoms with Gasteiger partial charge < -0.3 is 11.1 Å².